The summed E-state index contributed by atoms with van der Waals surface area (Å²) in [4.78, 5) is 3.91. The summed E-state index contributed by atoms with van der Waals surface area (Å²) in [7, 11) is 0. The van der Waals surface area contributed by atoms with Gasteiger partial charge in [0.2, 0.25) is 0 Å². The van der Waals surface area contributed by atoms with E-state index in [1.165, 1.54) is 12.1 Å². The van der Waals surface area contributed by atoms with Crippen molar-refractivity contribution in [2.45, 2.75) is 13.5 Å². The monoisotopic (exact) mass is 208 g/mol. The number of aryl methyl sites for hydroxylation is 1. The summed E-state index contributed by atoms with van der Waals surface area (Å²) in [6.07, 6.45) is 0. The average Bonchev–Trinajstić information content (AvgIpc) is 2.70. The van der Waals surface area contributed by atoms with Crippen LogP contribution in [0.3, 0.4) is 0 Å². The summed E-state index contributed by atoms with van der Waals surface area (Å²) < 4.78 is 17.9. The van der Waals surface area contributed by atoms with Gasteiger partial charge < -0.3 is 9.63 Å². The summed E-state index contributed by atoms with van der Waals surface area (Å²) in [6, 6.07) is 4.32. The maximum absolute atomic E-state index is 13.0. The van der Waals surface area contributed by atoms with Gasteiger partial charge in [-0.15, -0.1) is 0 Å². The van der Waals surface area contributed by atoms with Crippen LogP contribution in [0.4, 0.5) is 4.39 Å². The first-order chi connectivity index (χ1) is 7.20. The van der Waals surface area contributed by atoms with Crippen LogP contribution >= 0.6 is 0 Å². The zero-order valence-corrected chi connectivity index (χ0v) is 8.07. The van der Waals surface area contributed by atoms with E-state index in [1.54, 1.807) is 6.07 Å². The Morgan fingerprint density at radius 1 is 1.47 bits per heavy atom. The fraction of sp³-hybridized carbons (Fsp3) is 0.200. The van der Waals surface area contributed by atoms with Gasteiger partial charge in [0.1, 0.15) is 12.4 Å². The van der Waals surface area contributed by atoms with Gasteiger partial charge in [0, 0.05) is 5.56 Å². The van der Waals surface area contributed by atoms with Crippen LogP contribution in [0.2, 0.25) is 0 Å². The summed E-state index contributed by atoms with van der Waals surface area (Å²) in [6.45, 7) is 1.52. The molecule has 0 spiro atoms. The van der Waals surface area contributed by atoms with Crippen molar-refractivity contribution >= 4 is 0 Å². The summed E-state index contributed by atoms with van der Waals surface area (Å²) in [5, 5.41) is 12.3. The number of hydrogen-bond donors (Lipinski definition) is 1. The fourth-order valence-corrected chi connectivity index (χ4v) is 1.25. The molecule has 0 aliphatic heterocycles. The Morgan fingerprint density at radius 3 is 2.93 bits per heavy atom. The highest BCUT2D eigenvalue weighted by Crippen LogP contribution is 2.22. The number of nitrogens with zero attached hydrogens (tertiary/aromatic N) is 2. The van der Waals surface area contributed by atoms with Gasteiger partial charge in [0.25, 0.3) is 5.89 Å². The highest BCUT2D eigenvalue weighted by Gasteiger charge is 2.11. The van der Waals surface area contributed by atoms with Crippen molar-refractivity contribution in [1.29, 1.82) is 0 Å². The highest BCUT2D eigenvalue weighted by atomic mass is 19.1. The normalized spacial score (nSPS) is 10.6. The first-order valence-corrected chi connectivity index (χ1v) is 4.40. The maximum atomic E-state index is 13.0. The van der Waals surface area contributed by atoms with E-state index < -0.39 is 0 Å². The van der Waals surface area contributed by atoms with Gasteiger partial charge in [-0.05, 0) is 24.6 Å². The number of aliphatic hydroxyl groups is 1. The Bertz CT molecular complexity index is 482. The van der Waals surface area contributed by atoms with Crippen LogP contribution in [0.1, 0.15) is 11.4 Å². The first kappa shape index (κ1) is 9.79. The van der Waals surface area contributed by atoms with E-state index in [0.29, 0.717) is 5.56 Å². The molecular formula is C10H9FN2O2. The Hall–Kier alpha value is -1.75. The molecule has 0 atom stereocenters. The van der Waals surface area contributed by atoms with Crippen LogP contribution in [-0.4, -0.2) is 15.2 Å². The minimum Gasteiger partial charge on any atom is -0.388 e. The van der Waals surface area contributed by atoms with Gasteiger partial charge in [-0.1, -0.05) is 11.2 Å². The number of aromatic nitrogens is 2. The molecule has 0 aliphatic rings. The van der Waals surface area contributed by atoms with E-state index in [1.807, 2.05) is 6.92 Å². The second kappa shape index (κ2) is 3.78. The Balaban J connectivity index is 2.48. The van der Waals surface area contributed by atoms with Crippen LogP contribution in [0.25, 0.3) is 11.5 Å². The van der Waals surface area contributed by atoms with Gasteiger partial charge in [0.05, 0.1) is 0 Å². The lowest BCUT2D eigenvalue weighted by molar-refractivity contribution is 0.264. The van der Waals surface area contributed by atoms with E-state index in [4.69, 9.17) is 9.63 Å². The standard InChI is InChI=1S/C10H9FN2O2/c1-6-2-3-7(11)4-8(6)10-12-9(5-14)13-15-10/h2-4,14H,5H2,1H3. The van der Waals surface area contributed by atoms with Crippen molar-refractivity contribution in [3.05, 3.63) is 35.4 Å². The largest absolute Gasteiger partial charge is 0.388 e. The molecule has 15 heavy (non-hydrogen) atoms. The minimum atomic E-state index is -0.362. The average molecular weight is 208 g/mol. The van der Waals surface area contributed by atoms with Crippen molar-refractivity contribution < 1.29 is 14.0 Å². The lowest BCUT2D eigenvalue weighted by Crippen LogP contribution is -1.87. The molecule has 2 rings (SSSR count). The van der Waals surface area contributed by atoms with E-state index in [9.17, 15) is 4.39 Å². The van der Waals surface area contributed by atoms with E-state index in [2.05, 4.69) is 10.1 Å². The summed E-state index contributed by atoms with van der Waals surface area (Å²) >= 11 is 0. The second-order valence-electron chi connectivity index (χ2n) is 3.13. The van der Waals surface area contributed by atoms with Crippen molar-refractivity contribution in [2.24, 2.45) is 0 Å². The third-order valence-electron chi connectivity index (χ3n) is 2.04. The number of aliphatic hydroxyl groups excluding tert-OH is 1. The molecule has 78 valence electrons. The third kappa shape index (κ3) is 1.87. The van der Waals surface area contributed by atoms with Gasteiger partial charge in [-0.25, -0.2) is 4.39 Å². The molecule has 5 heteroatoms. The predicted molar refractivity (Wildman–Crippen MR) is 50.4 cm³/mol. The van der Waals surface area contributed by atoms with Gasteiger partial charge in [-0.3, -0.25) is 0 Å². The maximum Gasteiger partial charge on any atom is 0.258 e. The van der Waals surface area contributed by atoms with E-state index in [0.717, 1.165) is 5.56 Å². The Morgan fingerprint density at radius 2 is 2.27 bits per heavy atom. The highest BCUT2D eigenvalue weighted by molar-refractivity contribution is 5.57. The van der Waals surface area contributed by atoms with Crippen molar-refractivity contribution in [3.63, 3.8) is 0 Å². The molecule has 0 radical (unpaired) electrons. The smallest absolute Gasteiger partial charge is 0.258 e. The zero-order chi connectivity index (χ0) is 10.8. The molecule has 1 N–H and O–H groups in total. The van der Waals surface area contributed by atoms with Crippen molar-refractivity contribution in [1.82, 2.24) is 10.1 Å². The van der Waals surface area contributed by atoms with Crippen molar-refractivity contribution in [2.75, 3.05) is 0 Å². The Labute approximate surface area is 85.4 Å². The molecule has 0 saturated heterocycles. The van der Waals surface area contributed by atoms with E-state index >= 15 is 0 Å². The molecule has 0 fully saturated rings. The lowest BCUT2D eigenvalue weighted by atomic mass is 10.1. The van der Waals surface area contributed by atoms with Crippen molar-refractivity contribution in [3.8, 4) is 11.5 Å². The molecule has 0 bridgehead atoms. The van der Waals surface area contributed by atoms with Crippen LogP contribution in [0.5, 0.6) is 0 Å². The predicted octanol–water partition coefficient (Wildman–Crippen LogP) is 1.68. The number of benzene rings is 1. The van der Waals surface area contributed by atoms with Gasteiger partial charge in [-0.2, -0.15) is 4.98 Å². The zero-order valence-electron chi connectivity index (χ0n) is 8.07. The topological polar surface area (TPSA) is 59.2 Å². The number of hydrogen-bond acceptors (Lipinski definition) is 4. The molecule has 4 nitrogen and oxygen atoms in total. The fourth-order valence-electron chi connectivity index (χ4n) is 1.25. The first-order valence-electron chi connectivity index (χ1n) is 4.40. The molecule has 2 aromatic rings. The number of rotatable bonds is 2. The van der Waals surface area contributed by atoms with E-state index in [-0.39, 0.29) is 24.1 Å². The Kier molecular flexibility index (Phi) is 2.47. The van der Waals surface area contributed by atoms with Gasteiger partial charge >= 0.3 is 0 Å². The summed E-state index contributed by atoms with van der Waals surface area (Å²) in [5.74, 6) is 0.0454. The SMILES string of the molecule is Cc1ccc(F)cc1-c1nc(CO)no1. The summed E-state index contributed by atoms with van der Waals surface area (Å²) in [5.41, 5.74) is 1.38. The molecule has 0 aliphatic carbocycles. The molecule has 0 amide bonds. The van der Waals surface area contributed by atoms with Crippen LogP contribution in [0.15, 0.2) is 22.7 Å². The van der Waals surface area contributed by atoms with Crippen LogP contribution in [0, 0.1) is 12.7 Å². The number of halogens is 1. The molecular weight excluding hydrogens is 199 g/mol. The third-order valence-corrected chi connectivity index (χ3v) is 2.04. The molecule has 1 heterocycles. The molecule has 1 aromatic carbocycles. The van der Waals surface area contributed by atoms with Crippen LogP contribution in [-0.2, 0) is 6.61 Å². The molecule has 0 unspecified atom stereocenters. The van der Waals surface area contributed by atoms with Gasteiger partial charge in [0.15, 0.2) is 5.82 Å². The lowest BCUT2D eigenvalue weighted by Gasteiger charge is -1.99. The second-order valence-corrected chi connectivity index (χ2v) is 3.13. The quantitative estimate of drug-likeness (QED) is 0.815. The van der Waals surface area contributed by atoms with Crippen LogP contribution < -0.4 is 0 Å². The molecule has 0 saturated carbocycles. The molecule has 1 aromatic heterocycles. The minimum absolute atomic E-state index is 0.189.